The Morgan fingerprint density at radius 2 is 1.92 bits per heavy atom. The average Bonchev–Trinajstić information content (AvgIpc) is 3.21. The molecule has 2 aliphatic rings. The Labute approximate surface area is 147 Å². The molecule has 0 bridgehead atoms. The third-order valence-electron chi connectivity index (χ3n) is 4.89. The molecule has 0 N–H and O–H groups in total. The summed E-state index contributed by atoms with van der Waals surface area (Å²) >= 11 is 0. The van der Waals surface area contributed by atoms with Gasteiger partial charge in [0.15, 0.2) is 5.82 Å². The lowest BCUT2D eigenvalue weighted by Gasteiger charge is -2.37. The maximum atomic E-state index is 12.6. The average molecular weight is 369 g/mol. The molecular formula is C15H18F3N7O. The molecule has 26 heavy (non-hydrogen) atoms. The first-order valence-electron chi connectivity index (χ1n) is 8.41. The van der Waals surface area contributed by atoms with E-state index in [1.54, 1.807) is 23.1 Å². The number of hydrogen-bond acceptors (Lipinski definition) is 6. The number of amides is 1. The van der Waals surface area contributed by atoms with Crippen LogP contribution in [0, 0.1) is 0 Å². The molecule has 4 rings (SSSR count). The van der Waals surface area contributed by atoms with E-state index in [2.05, 4.69) is 20.1 Å². The standard InChI is InChI=1S/C15H18F3N7O/c16-15(17,18)9-24-3-1-11(14(24)26)22-5-7-23(8-6-22)12-13-21-20-10-25(13)4-2-19-12/h2,4,10-11H,1,3,5-9H2. The van der Waals surface area contributed by atoms with Crippen LogP contribution in [0.5, 0.6) is 0 Å². The number of hydrogen-bond donors (Lipinski definition) is 0. The summed E-state index contributed by atoms with van der Waals surface area (Å²) in [6, 6.07) is -0.462. The fourth-order valence-corrected chi connectivity index (χ4v) is 3.65. The topological polar surface area (TPSA) is 69.9 Å². The number of likely N-dealkylation sites (tertiary alicyclic amines) is 1. The Balaban J connectivity index is 1.40. The smallest absolute Gasteiger partial charge is 0.351 e. The van der Waals surface area contributed by atoms with Crippen LogP contribution in [0.25, 0.3) is 5.65 Å². The summed E-state index contributed by atoms with van der Waals surface area (Å²) in [5.41, 5.74) is 0.661. The van der Waals surface area contributed by atoms with Gasteiger partial charge in [0, 0.05) is 45.1 Å². The molecule has 8 nitrogen and oxygen atoms in total. The maximum absolute atomic E-state index is 12.6. The van der Waals surface area contributed by atoms with Gasteiger partial charge >= 0.3 is 6.18 Å². The quantitative estimate of drug-likeness (QED) is 0.781. The number of carbonyl (C=O) groups is 1. The van der Waals surface area contributed by atoms with E-state index in [-0.39, 0.29) is 6.54 Å². The molecule has 0 radical (unpaired) electrons. The maximum Gasteiger partial charge on any atom is 0.406 e. The van der Waals surface area contributed by atoms with Crippen molar-refractivity contribution in [2.45, 2.75) is 18.6 Å². The van der Waals surface area contributed by atoms with Crippen LogP contribution in [0.4, 0.5) is 19.0 Å². The van der Waals surface area contributed by atoms with E-state index < -0.39 is 24.7 Å². The zero-order valence-corrected chi connectivity index (χ0v) is 13.9. The van der Waals surface area contributed by atoms with Crippen LogP contribution in [-0.4, -0.2) is 86.8 Å². The van der Waals surface area contributed by atoms with Crippen LogP contribution in [0.2, 0.25) is 0 Å². The fraction of sp³-hybridized carbons (Fsp3) is 0.600. The number of nitrogens with zero attached hydrogens (tertiary/aromatic N) is 7. The van der Waals surface area contributed by atoms with E-state index in [0.717, 1.165) is 10.7 Å². The molecule has 2 aromatic rings. The number of carbonyl (C=O) groups excluding carboxylic acids is 1. The summed E-state index contributed by atoms with van der Waals surface area (Å²) in [4.78, 5) is 21.6. The molecule has 2 saturated heterocycles. The van der Waals surface area contributed by atoms with Crippen molar-refractivity contribution in [1.29, 1.82) is 0 Å². The van der Waals surface area contributed by atoms with Gasteiger partial charge in [0.25, 0.3) is 0 Å². The monoisotopic (exact) mass is 369 g/mol. The van der Waals surface area contributed by atoms with Gasteiger partial charge in [0.2, 0.25) is 11.6 Å². The van der Waals surface area contributed by atoms with Gasteiger partial charge in [-0.3, -0.25) is 14.1 Å². The number of piperazine rings is 1. The van der Waals surface area contributed by atoms with Gasteiger partial charge in [0.05, 0.1) is 6.04 Å². The highest BCUT2D eigenvalue weighted by Gasteiger charge is 2.42. The molecule has 0 spiro atoms. The number of fused-ring (bicyclic) bond motifs is 1. The third kappa shape index (κ3) is 3.18. The molecule has 1 unspecified atom stereocenters. The van der Waals surface area contributed by atoms with E-state index in [9.17, 15) is 18.0 Å². The van der Waals surface area contributed by atoms with Gasteiger partial charge in [0.1, 0.15) is 12.9 Å². The number of rotatable bonds is 3. The molecule has 2 aliphatic heterocycles. The minimum absolute atomic E-state index is 0.157. The predicted molar refractivity (Wildman–Crippen MR) is 85.6 cm³/mol. The highest BCUT2D eigenvalue weighted by atomic mass is 19.4. The molecular weight excluding hydrogens is 351 g/mol. The molecule has 0 aromatic carbocycles. The third-order valence-corrected chi connectivity index (χ3v) is 4.89. The number of halogens is 3. The van der Waals surface area contributed by atoms with E-state index in [1.165, 1.54) is 0 Å². The van der Waals surface area contributed by atoms with Crippen LogP contribution >= 0.6 is 0 Å². The summed E-state index contributed by atoms with van der Waals surface area (Å²) in [6.45, 7) is 1.43. The lowest BCUT2D eigenvalue weighted by Crippen LogP contribution is -2.53. The number of aromatic nitrogens is 4. The largest absolute Gasteiger partial charge is 0.406 e. The SMILES string of the molecule is O=C1C(N2CCN(c3nccn4cnnc34)CC2)CCN1CC(F)(F)F. The van der Waals surface area contributed by atoms with Crippen molar-refractivity contribution >= 4 is 17.4 Å². The van der Waals surface area contributed by atoms with Crippen molar-refractivity contribution in [2.24, 2.45) is 0 Å². The van der Waals surface area contributed by atoms with Gasteiger partial charge in [-0.25, -0.2) is 4.98 Å². The Morgan fingerprint density at radius 3 is 2.65 bits per heavy atom. The molecule has 0 aliphatic carbocycles. The van der Waals surface area contributed by atoms with Crippen molar-refractivity contribution in [3.05, 3.63) is 18.7 Å². The first-order valence-corrected chi connectivity index (χ1v) is 8.41. The molecule has 11 heteroatoms. The van der Waals surface area contributed by atoms with Crippen molar-refractivity contribution in [3.63, 3.8) is 0 Å². The Hall–Kier alpha value is -2.43. The highest BCUT2D eigenvalue weighted by molar-refractivity contribution is 5.84. The lowest BCUT2D eigenvalue weighted by molar-refractivity contribution is -0.159. The van der Waals surface area contributed by atoms with E-state index >= 15 is 0 Å². The summed E-state index contributed by atoms with van der Waals surface area (Å²) in [6.07, 6.45) is 1.12. The second-order valence-electron chi connectivity index (χ2n) is 6.52. The van der Waals surface area contributed by atoms with E-state index in [4.69, 9.17) is 0 Å². The van der Waals surface area contributed by atoms with Gasteiger partial charge in [-0.15, -0.1) is 10.2 Å². The van der Waals surface area contributed by atoms with Crippen molar-refractivity contribution in [1.82, 2.24) is 29.4 Å². The molecule has 0 saturated carbocycles. The van der Waals surface area contributed by atoms with Crippen LogP contribution in [0.15, 0.2) is 18.7 Å². The van der Waals surface area contributed by atoms with Crippen molar-refractivity contribution < 1.29 is 18.0 Å². The lowest BCUT2D eigenvalue weighted by atomic mass is 10.2. The van der Waals surface area contributed by atoms with Gasteiger partial charge in [-0.05, 0) is 6.42 Å². The van der Waals surface area contributed by atoms with Gasteiger partial charge < -0.3 is 9.80 Å². The predicted octanol–water partition coefficient (Wildman–Crippen LogP) is 0.409. The van der Waals surface area contributed by atoms with E-state index in [1.807, 2.05) is 4.90 Å². The number of anilines is 1. The minimum Gasteiger partial charge on any atom is -0.351 e. The minimum atomic E-state index is -4.36. The normalized spacial score (nSPS) is 22.6. The van der Waals surface area contributed by atoms with Crippen LogP contribution in [-0.2, 0) is 4.79 Å². The van der Waals surface area contributed by atoms with Crippen molar-refractivity contribution in [3.8, 4) is 0 Å². The first-order chi connectivity index (χ1) is 12.4. The van der Waals surface area contributed by atoms with Crippen LogP contribution in [0.3, 0.4) is 0 Å². The summed E-state index contributed by atoms with van der Waals surface area (Å²) < 4.78 is 39.5. The van der Waals surface area contributed by atoms with Gasteiger partial charge in [-0.1, -0.05) is 0 Å². The molecule has 1 amide bonds. The molecule has 2 aromatic heterocycles. The Morgan fingerprint density at radius 1 is 1.15 bits per heavy atom. The summed E-state index contributed by atoms with van der Waals surface area (Å²) in [5.74, 6) is 0.301. The summed E-state index contributed by atoms with van der Waals surface area (Å²) in [7, 11) is 0. The van der Waals surface area contributed by atoms with E-state index in [0.29, 0.717) is 38.2 Å². The molecule has 4 heterocycles. The summed E-state index contributed by atoms with van der Waals surface area (Å²) in [5, 5.41) is 7.95. The van der Waals surface area contributed by atoms with Crippen LogP contribution < -0.4 is 4.90 Å². The van der Waals surface area contributed by atoms with Crippen LogP contribution in [0.1, 0.15) is 6.42 Å². The number of alkyl halides is 3. The first kappa shape index (κ1) is 17.0. The highest BCUT2D eigenvalue weighted by Crippen LogP contribution is 2.25. The fourth-order valence-electron chi connectivity index (χ4n) is 3.65. The molecule has 1 atom stereocenters. The Bertz CT molecular complexity index is 800. The second kappa shape index (κ2) is 6.38. The zero-order chi connectivity index (χ0) is 18.3. The second-order valence-corrected chi connectivity index (χ2v) is 6.52. The molecule has 2 fully saturated rings. The Kier molecular flexibility index (Phi) is 4.17. The molecule has 140 valence electrons. The zero-order valence-electron chi connectivity index (χ0n) is 13.9. The van der Waals surface area contributed by atoms with Gasteiger partial charge in [-0.2, -0.15) is 13.2 Å². The van der Waals surface area contributed by atoms with Crippen molar-refractivity contribution in [2.75, 3.05) is 44.2 Å².